The average Bonchev–Trinajstić information content (AvgIpc) is 2.72. The number of hydrogen-bond acceptors (Lipinski definition) is 2. The molecule has 2 nitrogen and oxygen atoms in total. The number of fused-ring (bicyclic) bond motifs is 1. The third-order valence-electron chi connectivity index (χ3n) is 2.45. The summed E-state index contributed by atoms with van der Waals surface area (Å²) in [6.45, 7) is 7.92. The molecule has 2 rings (SSSR count). The summed E-state index contributed by atoms with van der Waals surface area (Å²) in [5.74, 6) is 0. The van der Waals surface area contributed by atoms with Crippen molar-refractivity contribution in [3.05, 3.63) is 42.7 Å². The second-order valence-corrected chi connectivity index (χ2v) is 3.56. The van der Waals surface area contributed by atoms with Crippen LogP contribution in [0.2, 0.25) is 0 Å². The van der Waals surface area contributed by atoms with E-state index in [-0.39, 0.29) is 0 Å². The van der Waals surface area contributed by atoms with Crippen molar-refractivity contribution in [2.45, 2.75) is 6.92 Å². The van der Waals surface area contributed by atoms with Crippen molar-refractivity contribution < 1.29 is 4.42 Å². The van der Waals surface area contributed by atoms with Crippen LogP contribution in [0.5, 0.6) is 0 Å². The SMILES string of the molecule is C=C(CNCC)c1ccc2ccoc2c1. The molecule has 0 amide bonds. The van der Waals surface area contributed by atoms with E-state index in [1.165, 1.54) is 0 Å². The van der Waals surface area contributed by atoms with Gasteiger partial charge in [0.1, 0.15) is 5.58 Å². The summed E-state index contributed by atoms with van der Waals surface area (Å²) in [6.07, 6.45) is 1.71. The Morgan fingerprint density at radius 2 is 2.27 bits per heavy atom. The summed E-state index contributed by atoms with van der Waals surface area (Å²) in [6, 6.07) is 8.14. The molecule has 1 aromatic heterocycles. The maximum atomic E-state index is 5.35. The lowest BCUT2D eigenvalue weighted by molar-refractivity contribution is 0.615. The molecule has 0 radical (unpaired) electrons. The predicted molar refractivity (Wildman–Crippen MR) is 63.8 cm³/mol. The van der Waals surface area contributed by atoms with Crippen LogP contribution in [-0.4, -0.2) is 13.1 Å². The topological polar surface area (TPSA) is 25.2 Å². The number of rotatable bonds is 4. The Morgan fingerprint density at radius 1 is 1.40 bits per heavy atom. The highest BCUT2D eigenvalue weighted by molar-refractivity contribution is 5.81. The van der Waals surface area contributed by atoms with Crippen LogP contribution < -0.4 is 5.32 Å². The van der Waals surface area contributed by atoms with Crippen LogP contribution in [-0.2, 0) is 0 Å². The Morgan fingerprint density at radius 3 is 3.07 bits per heavy atom. The maximum absolute atomic E-state index is 5.35. The summed E-state index contributed by atoms with van der Waals surface area (Å²) in [5.41, 5.74) is 3.15. The number of furan rings is 1. The summed E-state index contributed by atoms with van der Waals surface area (Å²) in [5, 5.41) is 4.39. The zero-order valence-electron chi connectivity index (χ0n) is 8.92. The van der Waals surface area contributed by atoms with Gasteiger partial charge in [0.05, 0.1) is 6.26 Å². The van der Waals surface area contributed by atoms with Gasteiger partial charge < -0.3 is 9.73 Å². The normalized spacial score (nSPS) is 10.7. The van der Waals surface area contributed by atoms with E-state index >= 15 is 0 Å². The van der Waals surface area contributed by atoms with E-state index < -0.39 is 0 Å². The van der Waals surface area contributed by atoms with Crippen LogP contribution in [0.1, 0.15) is 12.5 Å². The molecule has 15 heavy (non-hydrogen) atoms. The third kappa shape index (κ3) is 2.10. The van der Waals surface area contributed by atoms with Crippen LogP contribution in [0.4, 0.5) is 0 Å². The predicted octanol–water partition coefficient (Wildman–Crippen LogP) is 3.06. The second-order valence-electron chi connectivity index (χ2n) is 3.56. The minimum absolute atomic E-state index is 0.822. The standard InChI is InChI=1S/C13H15NO/c1-3-14-9-10(2)12-5-4-11-6-7-15-13(11)8-12/h4-8,14H,2-3,9H2,1H3. The van der Waals surface area contributed by atoms with Crippen molar-refractivity contribution in [1.82, 2.24) is 5.32 Å². The van der Waals surface area contributed by atoms with Gasteiger partial charge in [-0.2, -0.15) is 0 Å². The Hall–Kier alpha value is -1.54. The minimum Gasteiger partial charge on any atom is -0.464 e. The largest absolute Gasteiger partial charge is 0.464 e. The Kier molecular flexibility index (Phi) is 2.88. The lowest BCUT2D eigenvalue weighted by Gasteiger charge is -2.05. The molecule has 0 aliphatic heterocycles. The van der Waals surface area contributed by atoms with Crippen LogP contribution in [0, 0.1) is 0 Å². The van der Waals surface area contributed by atoms with E-state index in [1.807, 2.05) is 12.1 Å². The van der Waals surface area contributed by atoms with Gasteiger partial charge in [-0.3, -0.25) is 0 Å². The second kappa shape index (κ2) is 4.32. The fraction of sp³-hybridized carbons (Fsp3) is 0.231. The molecule has 78 valence electrons. The monoisotopic (exact) mass is 201 g/mol. The number of hydrogen-bond donors (Lipinski definition) is 1. The number of likely N-dealkylation sites (N-methyl/N-ethyl adjacent to an activating group) is 1. The third-order valence-corrected chi connectivity index (χ3v) is 2.45. The quantitative estimate of drug-likeness (QED) is 0.822. The fourth-order valence-electron chi connectivity index (χ4n) is 1.55. The van der Waals surface area contributed by atoms with Gasteiger partial charge in [0.2, 0.25) is 0 Å². The first-order valence-corrected chi connectivity index (χ1v) is 5.17. The molecule has 2 heteroatoms. The van der Waals surface area contributed by atoms with E-state index in [2.05, 4.69) is 31.0 Å². The highest BCUT2D eigenvalue weighted by Crippen LogP contribution is 2.20. The zero-order chi connectivity index (χ0) is 10.7. The molecular formula is C13H15NO. The van der Waals surface area contributed by atoms with Crippen LogP contribution >= 0.6 is 0 Å². The van der Waals surface area contributed by atoms with Crippen molar-refractivity contribution in [2.24, 2.45) is 0 Å². The van der Waals surface area contributed by atoms with Crippen LogP contribution in [0.15, 0.2) is 41.5 Å². The van der Waals surface area contributed by atoms with Gasteiger partial charge in [0, 0.05) is 11.9 Å². The summed E-state index contributed by atoms with van der Waals surface area (Å²) >= 11 is 0. The summed E-state index contributed by atoms with van der Waals surface area (Å²) < 4.78 is 5.35. The van der Waals surface area contributed by atoms with E-state index in [9.17, 15) is 0 Å². The van der Waals surface area contributed by atoms with Gasteiger partial charge in [-0.1, -0.05) is 25.6 Å². The average molecular weight is 201 g/mol. The molecule has 0 atom stereocenters. The zero-order valence-corrected chi connectivity index (χ0v) is 8.92. The lowest BCUT2D eigenvalue weighted by Crippen LogP contribution is -2.14. The fourth-order valence-corrected chi connectivity index (χ4v) is 1.55. The van der Waals surface area contributed by atoms with Gasteiger partial charge >= 0.3 is 0 Å². The summed E-state index contributed by atoms with van der Waals surface area (Å²) in [7, 11) is 0. The minimum atomic E-state index is 0.822. The molecule has 0 unspecified atom stereocenters. The molecule has 0 aliphatic rings. The molecule has 1 heterocycles. The Balaban J connectivity index is 2.23. The first-order chi connectivity index (χ1) is 7.31. The van der Waals surface area contributed by atoms with E-state index in [0.717, 1.165) is 35.2 Å². The molecule has 1 N–H and O–H groups in total. The smallest absolute Gasteiger partial charge is 0.134 e. The van der Waals surface area contributed by atoms with Gasteiger partial charge in [-0.15, -0.1) is 0 Å². The molecule has 2 aromatic rings. The molecule has 1 aromatic carbocycles. The number of nitrogens with one attached hydrogen (secondary N) is 1. The van der Waals surface area contributed by atoms with E-state index in [0.29, 0.717) is 0 Å². The van der Waals surface area contributed by atoms with Crippen molar-refractivity contribution in [3.8, 4) is 0 Å². The van der Waals surface area contributed by atoms with Crippen LogP contribution in [0.3, 0.4) is 0 Å². The highest BCUT2D eigenvalue weighted by Gasteiger charge is 2.01. The molecule has 0 aliphatic carbocycles. The first-order valence-electron chi connectivity index (χ1n) is 5.17. The van der Waals surface area contributed by atoms with Crippen molar-refractivity contribution in [2.75, 3.05) is 13.1 Å². The molecule has 0 saturated heterocycles. The van der Waals surface area contributed by atoms with Crippen molar-refractivity contribution in [3.63, 3.8) is 0 Å². The van der Waals surface area contributed by atoms with E-state index in [4.69, 9.17) is 4.42 Å². The van der Waals surface area contributed by atoms with E-state index in [1.54, 1.807) is 6.26 Å². The molecular weight excluding hydrogens is 186 g/mol. The van der Waals surface area contributed by atoms with Gasteiger partial charge in [0.25, 0.3) is 0 Å². The molecule has 0 bridgehead atoms. The van der Waals surface area contributed by atoms with Gasteiger partial charge in [-0.05, 0) is 29.8 Å². The number of benzene rings is 1. The Bertz CT molecular complexity index is 470. The first kappa shape index (κ1) is 9.99. The van der Waals surface area contributed by atoms with Crippen molar-refractivity contribution >= 4 is 16.5 Å². The van der Waals surface area contributed by atoms with Crippen LogP contribution in [0.25, 0.3) is 16.5 Å². The molecule has 0 spiro atoms. The van der Waals surface area contributed by atoms with Gasteiger partial charge in [0.15, 0.2) is 0 Å². The molecule has 0 saturated carbocycles. The summed E-state index contributed by atoms with van der Waals surface area (Å²) in [4.78, 5) is 0. The Labute approximate surface area is 89.6 Å². The van der Waals surface area contributed by atoms with Gasteiger partial charge in [-0.25, -0.2) is 0 Å². The highest BCUT2D eigenvalue weighted by atomic mass is 16.3. The lowest BCUT2D eigenvalue weighted by atomic mass is 10.1. The molecule has 0 fully saturated rings. The van der Waals surface area contributed by atoms with Crippen molar-refractivity contribution in [1.29, 1.82) is 0 Å². The maximum Gasteiger partial charge on any atom is 0.134 e.